The molecule has 4 aromatic rings. The first-order valence-corrected chi connectivity index (χ1v) is 10.0. The molecule has 0 bridgehead atoms. The zero-order chi connectivity index (χ0) is 20.3. The van der Waals surface area contributed by atoms with Crippen molar-refractivity contribution in [2.45, 2.75) is 6.04 Å². The summed E-state index contributed by atoms with van der Waals surface area (Å²) in [6.45, 7) is 0. The number of ether oxygens (including phenoxy) is 1. The van der Waals surface area contributed by atoms with Gasteiger partial charge in [0.1, 0.15) is 11.8 Å². The maximum atomic E-state index is 5.32. The van der Waals surface area contributed by atoms with Crippen LogP contribution in [-0.2, 0) is 0 Å². The quantitative estimate of drug-likeness (QED) is 0.367. The Hall–Kier alpha value is -3.96. The fourth-order valence-corrected chi connectivity index (χ4v) is 3.87. The van der Waals surface area contributed by atoms with Crippen molar-refractivity contribution < 1.29 is 4.74 Å². The van der Waals surface area contributed by atoms with E-state index in [4.69, 9.17) is 4.74 Å². The second-order valence-electron chi connectivity index (χ2n) is 7.27. The fraction of sp³-hybridized carbons (Fsp3) is 0.0714. The van der Waals surface area contributed by atoms with E-state index in [0.717, 1.165) is 27.8 Å². The molecule has 0 spiro atoms. The minimum atomic E-state index is -0.0335. The van der Waals surface area contributed by atoms with E-state index in [1.54, 1.807) is 7.11 Å². The molecule has 0 aliphatic carbocycles. The first-order chi connectivity index (χ1) is 14.8. The third-order valence-corrected chi connectivity index (χ3v) is 5.38. The molecule has 0 saturated heterocycles. The number of hydrogen-bond acceptors (Lipinski definition) is 2. The van der Waals surface area contributed by atoms with E-state index in [-0.39, 0.29) is 6.04 Å². The van der Waals surface area contributed by atoms with Gasteiger partial charge >= 0.3 is 0 Å². The second kappa shape index (κ2) is 7.81. The van der Waals surface area contributed by atoms with Crippen molar-refractivity contribution >= 4 is 28.2 Å². The summed E-state index contributed by atoms with van der Waals surface area (Å²) in [6.07, 6.45) is 4.34. The molecule has 2 nitrogen and oxygen atoms in total. The molecule has 30 heavy (non-hydrogen) atoms. The summed E-state index contributed by atoms with van der Waals surface area (Å²) in [5.41, 5.74) is 4.53. The highest BCUT2D eigenvalue weighted by atomic mass is 16.5. The van der Waals surface area contributed by atoms with Crippen molar-refractivity contribution in [2.75, 3.05) is 12.0 Å². The van der Waals surface area contributed by atoms with E-state index < -0.39 is 0 Å². The monoisotopic (exact) mass is 387 g/mol. The molecule has 1 aliphatic rings. The zero-order valence-corrected chi connectivity index (χ0v) is 16.7. The van der Waals surface area contributed by atoms with E-state index >= 15 is 0 Å². The van der Waals surface area contributed by atoms with Crippen LogP contribution >= 0.6 is 0 Å². The smallest absolute Gasteiger partial charge is 0.119 e. The van der Waals surface area contributed by atoms with Crippen molar-refractivity contribution in [3.8, 4) is 17.6 Å². The Kier molecular flexibility index (Phi) is 4.71. The van der Waals surface area contributed by atoms with Gasteiger partial charge in [0.2, 0.25) is 0 Å². The summed E-state index contributed by atoms with van der Waals surface area (Å²) in [4.78, 5) is 2.30. The van der Waals surface area contributed by atoms with E-state index in [0.29, 0.717) is 0 Å². The van der Waals surface area contributed by atoms with E-state index in [9.17, 15) is 0 Å². The molecule has 4 aromatic carbocycles. The zero-order valence-electron chi connectivity index (χ0n) is 16.7. The molecular weight excluding hydrogens is 366 g/mol. The number of para-hydroxylation sites is 2. The van der Waals surface area contributed by atoms with Gasteiger partial charge in [-0.25, -0.2) is 0 Å². The van der Waals surface area contributed by atoms with Crippen LogP contribution in [0.25, 0.3) is 16.8 Å². The van der Waals surface area contributed by atoms with Gasteiger partial charge < -0.3 is 9.64 Å². The molecule has 1 heterocycles. The van der Waals surface area contributed by atoms with Gasteiger partial charge in [0.25, 0.3) is 0 Å². The van der Waals surface area contributed by atoms with Gasteiger partial charge in [-0.2, -0.15) is 0 Å². The summed E-state index contributed by atoms with van der Waals surface area (Å²) < 4.78 is 5.32. The molecule has 0 saturated carbocycles. The van der Waals surface area contributed by atoms with Gasteiger partial charge in [-0.15, -0.1) is 0 Å². The standard InChI is InChI=1S/C28H21NO/c1-30-27-18-15-23-19-21(11-13-24(23)20-27)12-16-26-17-14-22-7-5-6-10-28(22)29(26)25-8-3-2-4-9-25/h2-11,13-15,17-20,26H,1H3. The van der Waals surface area contributed by atoms with Gasteiger partial charge in [-0.3, -0.25) is 0 Å². The highest BCUT2D eigenvalue weighted by Crippen LogP contribution is 2.35. The first kappa shape index (κ1) is 18.1. The third kappa shape index (κ3) is 3.43. The largest absolute Gasteiger partial charge is 0.497 e. The van der Waals surface area contributed by atoms with E-state index in [1.165, 1.54) is 11.3 Å². The summed E-state index contributed by atoms with van der Waals surface area (Å²) in [6, 6.07) is 31.3. The molecule has 1 unspecified atom stereocenters. The van der Waals surface area contributed by atoms with Crippen LogP contribution in [0.4, 0.5) is 11.4 Å². The average molecular weight is 387 g/mol. The summed E-state index contributed by atoms with van der Waals surface area (Å²) in [5, 5.41) is 2.31. The molecule has 144 valence electrons. The van der Waals surface area contributed by atoms with Crippen LogP contribution in [0.3, 0.4) is 0 Å². The maximum Gasteiger partial charge on any atom is 0.119 e. The van der Waals surface area contributed by atoms with Crippen LogP contribution in [0.5, 0.6) is 5.75 Å². The number of fused-ring (bicyclic) bond motifs is 2. The average Bonchev–Trinajstić information content (AvgIpc) is 2.82. The van der Waals surface area contributed by atoms with Crippen LogP contribution in [0.1, 0.15) is 11.1 Å². The van der Waals surface area contributed by atoms with Crippen LogP contribution < -0.4 is 9.64 Å². The number of nitrogens with zero attached hydrogens (tertiary/aromatic N) is 1. The SMILES string of the molecule is COc1ccc2cc(C#CC3C=Cc4ccccc4N3c3ccccc3)ccc2c1. The van der Waals surface area contributed by atoms with Crippen molar-refractivity contribution in [3.05, 3.63) is 108 Å². The lowest BCUT2D eigenvalue weighted by Crippen LogP contribution is -2.30. The second-order valence-corrected chi connectivity index (χ2v) is 7.27. The van der Waals surface area contributed by atoms with Gasteiger partial charge in [-0.05, 0) is 64.9 Å². The molecule has 0 amide bonds. The number of rotatable bonds is 2. The van der Waals surface area contributed by atoms with Crippen molar-refractivity contribution in [2.24, 2.45) is 0 Å². The minimum Gasteiger partial charge on any atom is -0.497 e. The fourth-order valence-electron chi connectivity index (χ4n) is 3.87. The highest BCUT2D eigenvalue weighted by Gasteiger charge is 2.22. The summed E-state index contributed by atoms with van der Waals surface area (Å²) in [5.74, 6) is 7.74. The van der Waals surface area contributed by atoms with Crippen molar-refractivity contribution in [1.29, 1.82) is 0 Å². The Morgan fingerprint density at radius 1 is 0.800 bits per heavy atom. The van der Waals surface area contributed by atoms with Gasteiger partial charge in [0.15, 0.2) is 0 Å². The number of hydrogen-bond donors (Lipinski definition) is 0. The predicted octanol–water partition coefficient (Wildman–Crippen LogP) is 6.43. The molecule has 5 rings (SSSR count). The molecule has 0 radical (unpaired) electrons. The molecule has 1 atom stereocenters. The lowest BCUT2D eigenvalue weighted by atomic mass is 10.0. The number of methoxy groups -OCH3 is 1. The van der Waals surface area contributed by atoms with Crippen LogP contribution in [-0.4, -0.2) is 13.2 Å². The van der Waals surface area contributed by atoms with Gasteiger partial charge in [0, 0.05) is 16.9 Å². The highest BCUT2D eigenvalue weighted by molar-refractivity contribution is 5.85. The molecule has 0 aromatic heterocycles. The lowest BCUT2D eigenvalue weighted by Gasteiger charge is -2.33. The minimum absolute atomic E-state index is 0.0335. The van der Waals surface area contributed by atoms with Gasteiger partial charge in [-0.1, -0.05) is 66.4 Å². The normalized spacial score (nSPS) is 14.7. The molecular formula is C28H21NO. The van der Waals surface area contributed by atoms with Crippen LogP contribution in [0.2, 0.25) is 0 Å². The lowest BCUT2D eigenvalue weighted by molar-refractivity contribution is 0.415. The molecule has 2 heteroatoms. The topological polar surface area (TPSA) is 12.5 Å². The van der Waals surface area contributed by atoms with Gasteiger partial charge in [0.05, 0.1) is 7.11 Å². The number of benzene rings is 4. The molecule has 0 N–H and O–H groups in total. The Bertz CT molecular complexity index is 1290. The predicted molar refractivity (Wildman–Crippen MR) is 125 cm³/mol. The maximum absolute atomic E-state index is 5.32. The van der Waals surface area contributed by atoms with E-state index in [1.807, 2.05) is 18.2 Å². The van der Waals surface area contributed by atoms with E-state index in [2.05, 4.69) is 102 Å². The van der Waals surface area contributed by atoms with Crippen LogP contribution in [0.15, 0.2) is 97.1 Å². The first-order valence-electron chi connectivity index (χ1n) is 10.0. The third-order valence-electron chi connectivity index (χ3n) is 5.38. The number of anilines is 2. The van der Waals surface area contributed by atoms with Crippen molar-refractivity contribution in [1.82, 2.24) is 0 Å². The van der Waals surface area contributed by atoms with Crippen molar-refractivity contribution in [3.63, 3.8) is 0 Å². The molecule has 0 fully saturated rings. The molecule has 1 aliphatic heterocycles. The summed E-state index contributed by atoms with van der Waals surface area (Å²) >= 11 is 0. The summed E-state index contributed by atoms with van der Waals surface area (Å²) in [7, 11) is 1.69. The Labute approximate surface area is 177 Å². The Morgan fingerprint density at radius 3 is 2.43 bits per heavy atom. The Balaban J connectivity index is 1.53. The van der Waals surface area contributed by atoms with Crippen LogP contribution in [0, 0.1) is 11.8 Å². The Morgan fingerprint density at radius 2 is 1.57 bits per heavy atom.